The van der Waals surface area contributed by atoms with Crippen molar-refractivity contribution >= 4 is 63.1 Å². The summed E-state index contributed by atoms with van der Waals surface area (Å²) in [6.07, 6.45) is 1.92. The number of hydrogen-bond acceptors (Lipinski definition) is 5. The lowest BCUT2D eigenvalue weighted by molar-refractivity contribution is -0.131. The second-order valence-electron chi connectivity index (χ2n) is 8.18. The summed E-state index contributed by atoms with van der Waals surface area (Å²) in [5.41, 5.74) is 1.94. The zero-order valence-corrected chi connectivity index (χ0v) is 20.4. The van der Waals surface area contributed by atoms with Crippen LogP contribution >= 0.6 is 34.5 Å². The minimum absolute atomic E-state index is 0.0793. The maximum Gasteiger partial charge on any atom is 0.276 e. The van der Waals surface area contributed by atoms with E-state index in [0.717, 1.165) is 28.9 Å². The Bertz CT molecular complexity index is 1360. The fourth-order valence-electron chi connectivity index (χ4n) is 4.16. The molecular weight excluding hydrogens is 493 g/mol. The number of H-pyrrole nitrogens is 1. The van der Waals surface area contributed by atoms with E-state index in [4.69, 9.17) is 23.2 Å². The zero-order chi connectivity index (χ0) is 23.7. The standard InChI is InChI=1S/C24H21Cl2N5O2S/c25-16-5-2-1-4-15(16)12-20(32)31-10-8-14(9-11-31)24-27-19(13-34-24)23(33)28-22-21-17(26)6-3-7-18(21)29-30-22/h1-7,13-14H,8-12H2,(H2,28,29,30,33). The Morgan fingerprint density at radius 2 is 1.85 bits per heavy atom. The molecule has 2 N–H and O–H groups in total. The molecule has 0 aliphatic carbocycles. The van der Waals surface area contributed by atoms with Gasteiger partial charge in [-0.05, 0) is 36.6 Å². The Balaban J connectivity index is 1.19. The molecule has 0 radical (unpaired) electrons. The molecular formula is C24H21Cl2N5O2S. The average molecular weight is 514 g/mol. The van der Waals surface area contributed by atoms with Crippen molar-refractivity contribution in [1.82, 2.24) is 20.1 Å². The number of likely N-dealkylation sites (tertiary alicyclic amines) is 1. The van der Waals surface area contributed by atoms with E-state index in [9.17, 15) is 9.59 Å². The van der Waals surface area contributed by atoms with Gasteiger partial charge < -0.3 is 10.2 Å². The van der Waals surface area contributed by atoms with Gasteiger partial charge in [0.25, 0.3) is 5.91 Å². The van der Waals surface area contributed by atoms with Crippen molar-refractivity contribution in [2.45, 2.75) is 25.2 Å². The van der Waals surface area contributed by atoms with Crippen LogP contribution in [-0.4, -0.2) is 45.0 Å². The van der Waals surface area contributed by atoms with E-state index in [1.807, 2.05) is 35.2 Å². The molecule has 0 spiro atoms. The third kappa shape index (κ3) is 4.66. The van der Waals surface area contributed by atoms with Crippen LogP contribution in [0.4, 0.5) is 5.82 Å². The number of nitrogens with one attached hydrogen (secondary N) is 2. The summed E-state index contributed by atoms with van der Waals surface area (Å²) in [7, 11) is 0. The number of hydrogen-bond donors (Lipinski definition) is 2. The van der Waals surface area contributed by atoms with Gasteiger partial charge in [-0.15, -0.1) is 11.3 Å². The first-order chi connectivity index (χ1) is 16.5. The van der Waals surface area contributed by atoms with E-state index >= 15 is 0 Å². The first-order valence-electron chi connectivity index (χ1n) is 10.9. The molecule has 2 aromatic heterocycles. The van der Waals surface area contributed by atoms with Crippen molar-refractivity contribution in [3.8, 4) is 0 Å². The normalized spacial score (nSPS) is 14.5. The maximum atomic E-state index is 12.8. The summed E-state index contributed by atoms with van der Waals surface area (Å²) in [5.74, 6) is 0.348. The SMILES string of the molecule is O=C(Nc1n[nH]c2cccc(Cl)c12)c1csc(C2CCN(C(=O)Cc3ccccc3Cl)CC2)n1. The summed E-state index contributed by atoms with van der Waals surface area (Å²) in [6, 6.07) is 12.8. The molecule has 1 aliphatic rings. The number of halogens is 2. The van der Waals surface area contributed by atoms with Crippen LogP contribution in [0.15, 0.2) is 47.8 Å². The van der Waals surface area contributed by atoms with Gasteiger partial charge >= 0.3 is 0 Å². The number of rotatable bonds is 5. The molecule has 0 bridgehead atoms. The van der Waals surface area contributed by atoms with Crippen molar-refractivity contribution < 1.29 is 9.59 Å². The number of nitrogens with zero attached hydrogens (tertiary/aromatic N) is 3. The smallest absolute Gasteiger partial charge is 0.276 e. The highest BCUT2D eigenvalue weighted by molar-refractivity contribution is 7.10. The van der Waals surface area contributed by atoms with Gasteiger partial charge in [-0.2, -0.15) is 5.10 Å². The van der Waals surface area contributed by atoms with E-state index in [1.165, 1.54) is 11.3 Å². The Kier molecular flexibility index (Phi) is 6.54. The van der Waals surface area contributed by atoms with E-state index in [1.54, 1.807) is 17.5 Å². The van der Waals surface area contributed by atoms with E-state index < -0.39 is 0 Å². The molecule has 5 rings (SSSR count). The highest BCUT2D eigenvalue weighted by Gasteiger charge is 2.27. The second-order valence-corrected chi connectivity index (χ2v) is 9.89. The van der Waals surface area contributed by atoms with Crippen LogP contribution in [0.1, 0.15) is 39.8 Å². The minimum atomic E-state index is -0.330. The monoisotopic (exact) mass is 513 g/mol. The van der Waals surface area contributed by atoms with Gasteiger partial charge in [0.15, 0.2) is 5.82 Å². The molecule has 174 valence electrons. The second kappa shape index (κ2) is 9.74. The zero-order valence-electron chi connectivity index (χ0n) is 18.1. The minimum Gasteiger partial charge on any atom is -0.342 e. The average Bonchev–Trinajstić information content (AvgIpc) is 3.49. The number of fused-ring (bicyclic) bond motifs is 1. The van der Waals surface area contributed by atoms with Crippen LogP contribution in [0.25, 0.3) is 10.9 Å². The lowest BCUT2D eigenvalue weighted by atomic mass is 9.97. The molecule has 1 aliphatic heterocycles. The quantitative estimate of drug-likeness (QED) is 0.367. The van der Waals surface area contributed by atoms with Gasteiger partial charge in [0.05, 0.1) is 27.4 Å². The van der Waals surface area contributed by atoms with E-state index in [-0.39, 0.29) is 17.7 Å². The van der Waals surface area contributed by atoms with Crippen LogP contribution in [0.5, 0.6) is 0 Å². The van der Waals surface area contributed by atoms with E-state index in [2.05, 4.69) is 20.5 Å². The molecule has 0 atom stereocenters. The molecule has 0 saturated carbocycles. The fourth-order valence-corrected chi connectivity index (χ4v) is 5.60. The Labute approximate surface area is 210 Å². The molecule has 7 nitrogen and oxygen atoms in total. The molecule has 2 aromatic carbocycles. The highest BCUT2D eigenvalue weighted by Crippen LogP contribution is 2.32. The molecule has 2 amide bonds. The Hall–Kier alpha value is -2.94. The maximum absolute atomic E-state index is 12.8. The number of carbonyl (C=O) groups is 2. The Morgan fingerprint density at radius 1 is 1.09 bits per heavy atom. The number of thiazole rings is 1. The number of aromatic nitrogens is 3. The molecule has 4 aromatic rings. The molecule has 34 heavy (non-hydrogen) atoms. The van der Waals surface area contributed by atoms with Crippen molar-refractivity contribution in [2.75, 3.05) is 18.4 Å². The summed E-state index contributed by atoms with van der Waals surface area (Å²) in [5, 5.41) is 14.3. The summed E-state index contributed by atoms with van der Waals surface area (Å²) in [6.45, 7) is 1.32. The van der Waals surface area contributed by atoms with Crippen molar-refractivity contribution in [2.24, 2.45) is 0 Å². The van der Waals surface area contributed by atoms with Gasteiger partial charge in [0, 0.05) is 29.4 Å². The third-order valence-corrected chi connectivity index (χ3v) is 7.71. The molecule has 0 unspecified atom stereocenters. The number of piperidine rings is 1. The van der Waals surface area contributed by atoms with Crippen molar-refractivity contribution in [1.29, 1.82) is 0 Å². The highest BCUT2D eigenvalue weighted by atomic mass is 35.5. The summed E-state index contributed by atoms with van der Waals surface area (Å²) in [4.78, 5) is 31.9. The van der Waals surface area contributed by atoms with E-state index in [0.29, 0.717) is 46.5 Å². The third-order valence-electron chi connectivity index (χ3n) is 6.02. The first kappa shape index (κ1) is 22.8. The molecule has 3 heterocycles. The van der Waals surface area contributed by atoms with Gasteiger partial charge in [0.1, 0.15) is 5.69 Å². The number of carbonyl (C=O) groups excluding carboxylic acids is 2. The topological polar surface area (TPSA) is 91.0 Å². The van der Waals surface area contributed by atoms with Gasteiger partial charge in [-0.25, -0.2) is 4.98 Å². The van der Waals surface area contributed by atoms with Crippen molar-refractivity contribution in [3.05, 3.63) is 74.2 Å². The fraction of sp³-hybridized carbons (Fsp3) is 0.250. The Morgan fingerprint density at radius 3 is 2.65 bits per heavy atom. The summed E-state index contributed by atoms with van der Waals surface area (Å²) < 4.78 is 0. The predicted molar refractivity (Wildman–Crippen MR) is 135 cm³/mol. The van der Waals surface area contributed by atoms with Gasteiger partial charge in [-0.1, -0.05) is 47.5 Å². The molecule has 10 heteroatoms. The van der Waals surface area contributed by atoms with Crippen LogP contribution in [0.3, 0.4) is 0 Å². The number of aromatic amines is 1. The van der Waals surface area contributed by atoms with Crippen LogP contribution in [0.2, 0.25) is 10.0 Å². The van der Waals surface area contributed by atoms with Crippen LogP contribution in [0, 0.1) is 0 Å². The predicted octanol–water partition coefficient (Wildman–Crippen LogP) is 5.53. The lowest BCUT2D eigenvalue weighted by Gasteiger charge is -2.31. The number of amides is 2. The number of benzene rings is 2. The van der Waals surface area contributed by atoms with Crippen LogP contribution < -0.4 is 5.32 Å². The van der Waals surface area contributed by atoms with Crippen LogP contribution in [-0.2, 0) is 11.2 Å². The first-order valence-corrected chi connectivity index (χ1v) is 12.5. The molecule has 1 saturated heterocycles. The lowest BCUT2D eigenvalue weighted by Crippen LogP contribution is -2.38. The number of anilines is 1. The van der Waals surface area contributed by atoms with Gasteiger partial charge in [-0.3, -0.25) is 14.7 Å². The summed E-state index contributed by atoms with van der Waals surface area (Å²) >= 11 is 13.9. The largest absolute Gasteiger partial charge is 0.342 e. The van der Waals surface area contributed by atoms with Gasteiger partial charge in [0.2, 0.25) is 5.91 Å². The van der Waals surface area contributed by atoms with Crippen molar-refractivity contribution in [3.63, 3.8) is 0 Å². The molecule has 1 fully saturated rings.